The fourth-order valence-corrected chi connectivity index (χ4v) is 2.17. The zero-order valence-electron chi connectivity index (χ0n) is 10.2. The van der Waals surface area contributed by atoms with Gasteiger partial charge >= 0.3 is 0 Å². The van der Waals surface area contributed by atoms with Crippen molar-refractivity contribution in [2.75, 3.05) is 18.0 Å². The number of ketones is 1. The predicted octanol–water partition coefficient (Wildman–Crippen LogP) is 3.13. The zero-order valence-corrected chi connectivity index (χ0v) is 10.2. The van der Waals surface area contributed by atoms with Gasteiger partial charge in [-0.15, -0.1) is 0 Å². The molecule has 3 rings (SSSR count). The second-order valence-electron chi connectivity index (χ2n) is 4.59. The Labute approximate surface area is 107 Å². The van der Waals surface area contributed by atoms with E-state index < -0.39 is 0 Å². The minimum Gasteiger partial charge on any atom is -0.371 e. The van der Waals surface area contributed by atoms with Crippen molar-refractivity contribution in [1.82, 2.24) is 0 Å². The summed E-state index contributed by atoms with van der Waals surface area (Å²) in [5.41, 5.74) is 2.67. The molecular weight excluding hydrogens is 222 g/mol. The first kappa shape index (κ1) is 11.0. The van der Waals surface area contributed by atoms with Crippen molar-refractivity contribution in [3.8, 4) is 0 Å². The van der Waals surface area contributed by atoms with Crippen LogP contribution >= 0.6 is 0 Å². The van der Waals surface area contributed by atoms with Gasteiger partial charge in [0.2, 0.25) is 0 Å². The molecule has 2 nitrogen and oxygen atoms in total. The van der Waals surface area contributed by atoms with Gasteiger partial charge in [0.1, 0.15) is 0 Å². The third kappa shape index (κ3) is 2.02. The summed E-state index contributed by atoms with van der Waals surface area (Å²) in [6.45, 7) is 2.20. The molecule has 0 atom stereocenters. The van der Waals surface area contributed by atoms with Crippen LogP contribution in [0.2, 0.25) is 0 Å². The van der Waals surface area contributed by atoms with Gasteiger partial charge in [0.15, 0.2) is 5.78 Å². The molecule has 1 aliphatic rings. The maximum atomic E-state index is 12.3. The summed E-state index contributed by atoms with van der Waals surface area (Å²) in [4.78, 5) is 14.6. The van der Waals surface area contributed by atoms with Crippen LogP contribution in [0.25, 0.3) is 0 Å². The van der Waals surface area contributed by atoms with Gasteiger partial charge in [-0.1, -0.05) is 42.5 Å². The summed E-state index contributed by atoms with van der Waals surface area (Å²) in [5.74, 6) is 0.0953. The Kier molecular flexibility index (Phi) is 2.85. The van der Waals surface area contributed by atoms with Crippen LogP contribution < -0.4 is 4.90 Å². The molecule has 0 radical (unpaired) electrons. The Balaban J connectivity index is 1.90. The molecule has 1 fully saturated rings. The van der Waals surface area contributed by atoms with Crippen molar-refractivity contribution in [2.24, 2.45) is 0 Å². The van der Waals surface area contributed by atoms with Gasteiger partial charge in [0.25, 0.3) is 0 Å². The summed E-state index contributed by atoms with van der Waals surface area (Å²) in [6, 6.07) is 17.3. The lowest BCUT2D eigenvalue weighted by Gasteiger charge is -2.33. The van der Waals surface area contributed by atoms with E-state index >= 15 is 0 Å². The third-order valence-corrected chi connectivity index (χ3v) is 3.37. The van der Waals surface area contributed by atoms with Crippen molar-refractivity contribution < 1.29 is 4.79 Å². The molecule has 2 aromatic rings. The highest BCUT2D eigenvalue weighted by molar-refractivity contribution is 6.09. The molecule has 0 saturated carbocycles. The molecule has 0 aromatic heterocycles. The zero-order chi connectivity index (χ0) is 12.4. The van der Waals surface area contributed by atoms with Crippen molar-refractivity contribution in [2.45, 2.75) is 6.42 Å². The highest BCUT2D eigenvalue weighted by atomic mass is 16.1. The van der Waals surface area contributed by atoms with Gasteiger partial charge in [-0.25, -0.2) is 0 Å². The summed E-state index contributed by atoms with van der Waals surface area (Å²) in [5, 5.41) is 0. The summed E-state index contributed by atoms with van der Waals surface area (Å²) in [7, 11) is 0. The molecule has 2 heteroatoms. The molecule has 1 aliphatic heterocycles. The topological polar surface area (TPSA) is 20.3 Å². The first-order valence-corrected chi connectivity index (χ1v) is 6.29. The molecule has 0 bridgehead atoms. The lowest BCUT2D eigenvalue weighted by Crippen LogP contribution is -2.37. The van der Waals surface area contributed by atoms with Crippen LogP contribution in [0.1, 0.15) is 22.3 Å². The Hall–Kier alpha value is -2.09. The van der Waals surface area contributed by atoms with Gasteiger partial charge in [0.05, 0.1) is 0 Å². The molecule has 0 unspecified atom stereocenters. The van der Waals surface area contributed by atoms with Crippen molar-refractivity contribution in [3.63, 3.8) is 0 Å². The molecule has 0 N–H and O–H groups in total. The quantitative estimate of drug-likeness (QED) is 0.764. The number of hydrogen-bond donors (Lipinski definition) is 0. The minimum absolute atomic E-state index is 0.0953. The van der Waals surface area contributed by atoms with Crippen LogP contribution in [0.3, 0.4) is 0 Å². The molecule has 2 aromatic carbocycles. The minimum atomic E-state index is 0.0953. The van der Waals surface area contributed by atoms with Gasteiger partial charge < -0.3 is 4.90 Å². The molecule has 0 aliphatic carbocycles. The fraction of sp³-hybridized carbons (Fsp3) is 0.188. The van der Waals surface area contributed by atoms with E-state index in [2.05, 4.69) is 11.0 Å². The first-order valence-electron chi connectivity index (χ1n) is 6.29. The average Bonchev–Trinajstić information content (AvgIpc) is 2.37. The number of hydrogen-bond acceptors (Lipinski definition) is 2. The second kappa shape index (κ2) is 4.65. The highest BCUT2D eigenvalue weighted by Gasteiger charge is 2.16. The molecular formula is C16H15NO. The van der Waals surface area contributed by atoms with E-state index in [1.807, 2.05) is 48.5 Å². The van der Waals surface area contributed by atoms with E-state index in [4.69, 9.17) is 0 Å². The van der Waals surface area contributed by atoms with E-state index in [9.17, 15) is 4.79 Å². The van der Waals surface area contributed by atoms with Crippen molar-refractivity contribution >= 4 is 11.5 Å². The van der Waals surface area contributed by atoms with Crippen LogP contribution in [-0.4, -0.2) is 18.9 Å². The number of carbonyl (C=O) groups is 1. The summed E-state index contributed by atoms with van der Waals surface area (Å²) >= 11 is 0. The highest BCUT2D eigenvalue weighted by Crippen LogP contribution is 2.22. The summed E-state index contributed by atoms with van der Waals surface area (Å²) in [6.07, 6.45) is 1.25. The van der Waals surface area contributed by atoms with E-state index in [-0.39, 0.29) is 5.78 Å². The smallest absolute Gasteiger partial charge is 0.193 e. The van der Waals surface area contributed by atoms with Crippen LogP contribution in [-0.2, 0) is 0 Å². The van der Waals surface area contributed by atoms with Gasteiger partial charge in [0, 0.05) is 29.9 Å². The SMILES string of the molecule is O=C(c1ccccc1)c1cccc(N2CCC2)c1. The van der Waals surface area contributed by atoms with Crippen molar-refractivity contribution in [3.05, 3.63) is 65.7 Å². The van der Waals surface area contributed by atoms with Crippen LogP contribution in [0.5, 0.6) is 0 Å². The van der Waals surface area contributed by atoms with E-state index in [1.54, 1.807) is 0 Å². The average molecular weight is 237 g/mol. The third-order valence-electron chi connectivity index (χ3n) is 3.37. The van der Waals surface area contributed by atoms with E-state index in [1.165, 1.54) is 6.42 Å². The largest absolute Gasteiger partial charge is 0.371 e. The lowest BCUT2D eigenvalue weighted by atomic mass is 10.0. The predicted molar refractivity (Wildman–Crippen MR) is 73.1 cm³/mol. The first-order chi connectivity index (χ1) is 8.84. The van der Waals surface area contributed by atoms with Crippen LogP contribution in [0.15, 0.2) is 54.6 Å². The molecule has 90 valence electrons. The lowest BCUT2D eigenvalue weighted by molar-refractivity contribution is 0.103. The van der Waals surface area contributed by atoms with Crippen LogP contribution in [0, 0.1) is 0 Å². The second-order valence-corrected chi connectivity index (χ2v) is 4.59. The van der Waals surface area contributed by atoms with Crippen LogP contribution in [0.4, 0.5) is 5.69 Å². The number of benzene rings is 2. The van der Waals surface area contributed by atoms with Gasteiger partial charge in [-0.05, 0) is 18.6 Å². The fourth-order valence-electron chi connectivity index (χ4n) is 2.17. The molecule has 1 heterocycles. The molecule has 18 heavy (non-hydrogen) atoms. The normalized spacial score (nSPS) is 14.1. The maximum Gasteiger partial charge on any atom is 0.193 e. The molecule has 1 saturated heterocycles. The number of nitrogens with zero attached hydrogens (tertiary/aromatic N) is 1. The number of carbonyl (C=O) groups excluding carboxylic acids is 1. The molecule has 0 amide bonds. The Bertz CT molecular complexity index is 558. The van der Waals surface area contributed by atoms with Crippen molar-refractivity contribution in [1.29, 1.82) is 0 Å². The number of rotatable bonds is 3. The van der Waals surface area contributed by atoms with Gasteiger partial charge in [-0.2, -0.15) is 0 Å². The van der Waals surface area contributed by atoms with E-state index in [0.717, 1.165) is 29.9 Å². The Morgan fingerprint density at radius 2 is 1.61 bits per heavy atom. The Morgan fingerprint density at radius 1 is 0.889 bits per heavy atom. The standard InChI is InChI=1S/C16H15NO/c18-16(13-6-2-1-3-7-13)14-8-4-9-15(12-14)17-10-5-11-17/h1-4,6-9,12H,5,10-11H2. The molecule has 0 spiro atoms. The van der Waals surface area contributed by atoms with E-state index in [0.29, 0.717) is 0 Å². The Morgan fingerprint density at radius 3 is 2.28 bits per heavy atom. The maximum absolute atomic E-state index is 12.3. The monoisotopic (exact) mass is 237 g/mol. The summed E-state index contributed by atoms with van der Waals surface area (Å²) < 4.78 is 0. The van der Waals surface area contributed by atoms with Gasteiger partial charge in [-0.3, -0.25) is 4.79 Å². The number of anilines is 1.